The lowest BCUT2D eigenvalue weighted by Crippen LogP contribution is -2.46. The molecule has 1 saturated heterocycles. The van der Waals surface area contributed by atoms with Crippen LogP contribution < -0.4 is 14.5 Å². The van der Waals surface area contributed by atoms with Crippen molar-refractivity contribution >= 4 is 17.3 Å². The molecule has 0 amide bonds. The number of anilines is 2. The van der Waals surface area contributed by atoms with Gasteiger partial charge in [0, 0.05) is 56.0 Å². The Labute approximate surface area is 167 Å². The number of aromatic nitrogens is 1. The van der Waals surface area contributed by atoms with Crippen LogP contribution in [0.15, 0.2) is 48.8 Å². The van der Waals surface area contributed by atoms with Gasteiger partial charge in [-0.3, -0.25) is 4.98 Å². The van der Waals surface area contributed by atoms with Crippen LogP contribution >= 0.6 is 0 Å². The number of benzene rings is 1. The Bertz CT molecular complexity index is 746. The van der Waals surface area contributed by atoms with Crippen LogP contribution in [0.1, 0.15) is 26.7 Å². The zero-order chi connectivity index (χ0) is 19.8. The number of esters is 1. The van der Waals surface area contributed by atoms with Gasteiger partial charge in [0.15, 0.2) is 6.10 Å². The number of rotatable bonds is 8. The van der Waals surface area contributed by atoms with Gasteiger partial charge in [-0.25, -0.2) is 4.79 Å². The maximum atomic E-state index is 12.1. The number of pyridine rings is 1. The molecule has 2 aromatic rings. The zero-order valence-corrected chi connectivity index (χ0v) is 16.7. The fourth-order valence-corrected chi connectivity index (χ4v) is 3.42. The molecule has 3 rings (SSSR count). The van der Waals surface area contributed by atoms with E-state index in [1.54, 1.807) is 0 Å². The lowest BCUT2D eigenvalue weighted by Gasteiger charge is -2.37. The van der Waals surface area contributed by atoms with Gasteiger partial charge in [0.05, 0.1) is 6.61 Å². The smallest absolute Gasteiger partial charge is 0.347 e. The maximum absolute atomic E-state index is 12.1. The number of ether oxygens (including phenoxy) is 2. The third-order valence-corrected chi connectivity index (χ3v) is 4.87. The number of hydrogen-bond donors (Lipinski definition) is 0. The van der Waals surface area contributed by atoms with E-state index in [-0.39, 0.29) is 5.97 Å². The molecule has 6 heteroatoms. The van der Waals surface area contributed by atoms with Gasteiger partial charge in [-0.1, -0.05) is 19.4 Å². The first-order chi connectivity index (χ1) is 13.7. The second kappa shape index (κ2) is 9.97. The number of carbonyl (C=O) groups excluding carboxylic acids is 1. The molecule has 0 bridgehead atoms. The SMILES string of the molecule is CCCC(Oc1cccc(N2CCN(c3ccncc3)CC2)c1)C(=O)OCC. The van der Waals surface area contributed by atoms with Crippen molar-refractivity contribution in [2.45, 2.75) is 32.8 Å². The average molecular weight is 383 g/mol. The third-order valence-electron chi connectivity index (χ3n) is 4.87. The van der Waals surface area contributed by atoms with E-state index in [2.05, 4.69) is 20.9 Å². The molecule has 150 valence electrons. The average Bonchev–Trinajstić information content (AvgIpc) is 2.74. The van der Waals surface area contributed by atoms with Crippen molar-refractivity contribution in [3.63, 3.8) is 0 Å². The molecule has 1 aliphatic heterocycles. The molecular formula is C22H29N3O3. The molecule has 0 radical (unpaired) electrons. The Kier molecular flexibility index (Phi) is 7.12. The minimum Gasteiger partial charge on any atom is -0.479 e. The molecule has 1 fully saturated rings. The van der Waals surface area contributed by atoms with Crippen LogP contribution in [0.2, 0.25) is 0 Å². The van der Waals surface area contributed by atoms with Gasteiger partial charge in [-0.05, 0) is 37.6 Å². The predicted octanol–water partition coefficient (Wildman–Crippen LogP) is 3.52. The Morgan fingerprint density at radius 2 is 1.71 bits per heavy atom. The summed E-state index contributed by atoms with van der Waals surface area (Å²) in [6, 6.07) is 12.1. The normalized spacial score (nSPS) is 15.2. The standard InChI is InChI=1S/C22H29N3O3/c1-3-6-21(22(26)27-4-2)28-20-8-5-7-19(17-20)25-15-13-24(14-16-25)18-9-11-23-12-10-18/h5,7-12,17,21H,3-4,6,13-16H2,1-2H3. The van der Waals surface area contributed by atoms with E-state index in [1.807, 2.05) is 56.6 Å². The van der Waals surface area contributed by atoms with E-state index in [1.165, 1.54) is 5.69 Å². The highest BCUT2D eigenvalue weighted by molar-refractivity contribution is 5.75. The molecule has 2 heterocycles. The van der Waals surface area contributed by atoms with Gasteiger partial charge in [-0.15, -0.1) is 0 Å². The lowest BCUT2D eigenvalue weighted by atomic mass is 10.2. The highest BCUT2D eigenvalue weighted by Gasteiger charge is 2.22. The predicted molar refractivity (Wildman–Crippen MR) is 111 cm³/mol. The molecule has 1 aliphatic rings. The van der Waals surface area contributed by atoms with Crippen LogP contribution in [0.3, 0.4) is 0 Å². The first kappa shape index (κ1) is 20.0. The fourth-order valence-electron chi connectivity index (χ4n) is 3.42. The van der Waals surface area contributed by atoms with Crippen molar-refractivity contribution in [2.24, 2.45) is 0 Å². The minimum atomic E-state index is -0.552. The van der Waals surface area contributed by atoms with E-state index >= 15 is 0 Å². The summed E-state index contributed by atoms with van der Waals surface area (Å²) in [5, 5.41) is 0. The molecule has 0 spiro atoms. The van der Waals surface area contributed by atoms with Gasteiger partial charge in [0.25, 0.3) is 0 Å². The highest BCUT2D eigenvalue weighted by Crippen LogP contribution is 2.25. The summed E-state index contributed by atoms with van der Waals surface area (Å²) >= 11 is 0. The summed E-state index contributed by atoms with van der Waals surface area (Å²) in [6.07, 6.45) is 4.62. The van der Waals surface area contributed by atoms with Crippen molar-refractivity contribution in [2.75, 3.05) is 42.6 Å². The molecule has 1 atom stereocenters. The molecule has 1 aromatic carbocycles. The Morgan fingerprint density at radius 1 is 1.04 bits per heavy atom. The summed E-state index contributed by atoms with van der Waals surface area (Å²) in [7, 11) is 0. The molecule has 1 aromatic heterocycles. The summed E-state index contributed by atoms with van der Waals surface area (Å²) < 4.78 is 11.1. The van der Waals surface area contributed by atoms with Crippen LogP contribution in [0.25, 0.3) is 0 Å². The Balaban J connectivity index is 1.62. The second-order valence-corrected chi connectivity index (χ2v) is 6.82. The van der Waals surface area contributed by atoms with Crippen molar-refractivity contribution in [1.29, 1.82) is 0 Å². The van der Waals surface area contributed by atoms with Gasteiger partial charge < -0.3 is 19.3 Å². The first-order valence-corrected chi connectivity index (χ1v) is 10.0. The monoisotopic (exact) mass is 383 g/mol. The van der Waals surface area contributed by atoms with Crippen molar-refractivity contribution in [3.8, 4) is 5.75 Å². The van der Waals surface area contributed by atoms with Crippen molar-refractivity contribution in [3.05, 3.63) is 48.8 Å². The third kappa shape index (κ3) is 5.15. The van der Waals surface area contributed by atoms with Crippen LogP contribution in [0, 0.1) is 0 Å². The van der Waals surface area contributed by atoms with Gasteiger partial charge in [0.2, 0.25) is 0 Å². The largest absolute Gasteiger partial charge is 0.479 e. The van der Waals surface area contributed by atoms with Crippen molar-refractivity contribution < 1.29 is 14.3 Å². The second-order valence-electron chi connectivity index (χ2n) is 6.82. The summed E-state index contributed by atoms with van der Waals surface area (Å²) in [5.74, 6) is 0.418. The van der Waals surface area contributed by atoms with Crippen LogP contribution in [-0.2, 0) is 9.53 Å². The summed E-state index contributed by atoms with van der Waals surface area (Å²) in [4.78, 5) is 20.9. The van der Waals surface area contributed by atoms with Crippen molar-refractivity contribution in [1.82, 2.24) is 4.98 Å². The lowest BCUT2D eigenvalue weighted by molar-refractivity contribution is -0.151. The Hall–Kier alpha value is -2.76. The molecule has 28 heavy (non-hydrogen) atoms. The highest BCUT2D eigenvalue weighted by atomic mass is 16.6. The molecule has 0 aliphatic carbocycles. The summed E-state index contributed by atoms with van der Waals surface area (Å²) in [6.45, 7) is 7.99. The molecule has 6 nitrogen and oxygen atoms in total. The van der Waals surface area contributed by atoms with E-state index in [4.69, 9.17) is 9.47 Å². The van der Waals surface area contributed by atoms with E-state index in [0.717, 1.165) is 38.3 Å². The van der Waals surface area contributed by atoms with Crippen LogP contribution in [0.4, 0.5) is 11.4 Å². The van der Waals surface area contributed by atoms with Crippen LogP contribution in [-0.4, -0.2) is 49.8 Å². The van der Waals surface area contributed by atoms with E-state index in [9.17, 15) is 4.79 Å². The zero-order valence-electron chi connectivity index (χ0n) is 16.7. The van der Waals surface area contributed by atoms with E-state index < -0.39 is 6.10 Å². The molecular weight excluding hydrogens is 354 g/mol. The molecule has 0 saturated carbocycles. The maximum Gasteiger partial charge on any atom is 0.347 e. The molecule has 0 N–H and O–H groups in total. The number of piperazine rings is 1. The first-order valence-electron chi connectivity index (χ1n) is 10.0. The van der Waals surface area contributed by atoms with Gasteiger partial charge >= 0.3 is 5.97 Å². The number of nitrogens with zero attached hydrogens (tertiary/aromatic N) is 3. The topological polar surface area (TPSA) is 54.9 Å². The minimum absolute atomic E-state index is 0.291. The number of carbonyl (C=O) groups is 1. The van der Waals surface area contributed by atoms with E-state index in [0.29, 0.717) is 18.8 Å². The summed E-state index contributed by atoms with van der Waals surface area (Å²) in [5.41, 5.74) is 2.33. The fraction of sp³-hybridized carbons (Fsp3) is 0.455. The quantitative estimate of drug-likeness (QED) is 0.650. The van der Waals surface area contributed by atoms with Gasteiger partial charge in [0.1, 0.15) is 5.75 Å². The number of hydrogen-bond acceptors (Lipinski definition) is 6. The molecule has 1 unspecified atom stereocenters. The van der Waals surface area contributed by atoms with Gasteiger partial charge in [-0.2, -0.15) is 0 Å². The van der Waals surface area contributed by atoms with Crippen LogP contribution in [0.5, 0.6) is 5.75 Å². The Morgan fingerprint density at radius 3 is 2.36 bits per heavy atom.